The van der Waals surface area contributed by atoms with Gasteiger partial charge in [0.05, 0.1) is 36.3 Å². The van der Waals surface area contributed by atoms with Crippen LogP contribution in [0.2, 0.25) is 0 Å². The summed E-state index contributed by atoms with van der Waals surface area (Å²) in [5, 5.41) is 0. The first-order valence-electron chi connectivity index (χ1n) is 9.58. The minimum atomic E-state index is 0. The van der Waals surface area contributed by atoms with E-state index in [1.165, 1.54) is 0 Å². The quantitative estimate of drug-likeness (QED) is 0.223. The van der Waals surface area contributed by atoms with Crippen LogP contribution in [0.1, 0.15) is 0 Å². The number of ether oxygens (including phenoxy) is 2. The Hall–Kier alpha value is -2.42. The van der Waals surface area contributed by atoms with E-state index in [9.17, 15) is 0 Å². The van der Waals surface area contributed by atoms with E-state index in [0.29, 0.717) is 0 Å². The van der Waals surface area contributed by atoms with Crippen LogP contribution in [0.4, 0.5) is 0 Å². The van der Waals surface area contributed by atoms with E-state index >= 15 is 0 Å². The molecule has 5 rings (SSSR count). The maximum Gasteiger partial charge on any atom is 3.00 e. The number of pyridine rings is 1. The summed E-state index contributed by atoms with van der Waals surface area (Å²) in [7, 11) is 7.30. The second-order valence-electron chi connectivity index (χ2n) is 7.11. The van der Waals surface area contributed by atoms with E-state index in [-0.39, 0.29) is 55.8 Å². The zero-order chi connectivity index (χ0) is 20.8. The van der Waals surface area contributed by atoms with Gasteiger partial charge in [-0.1, -0.05) is 6.07 Å². The summed E-state index contributed by atoms with van der Waals surface area (Å²) < 4.78 is 14.7. The zero-order valence-corrected chi connectivity index (χ0v) is 22.5. The van der Waals surface area contributed by atoms with Crippen molar-refractivity contribution in [3.05, 3.63) is 54.6 Å². The summed E-state index contributed by atoms with van der Waals surface area (Å²) in [5.74, 6) is 3.15. The summed E-state index contributed by atoms with van der Waals surface area (Å²) in [6, 6.07) is 17.7. The smallest absolute Gasteiger partial charge is 1.00 e. The zero-order valence-electron chi connectivity index (χ0n) is 18.8. The molecule has 0 amide bonds. The van der Waals surface area contributed by atoms with Gasteiger partial charge in [-0.25, -0.2) is 15.0 Å². The van der Waals surface area contributed by atoms with Crippen LogP contribution in [-0.2, 0) is 32.7 Å². The van der Waals surface area contributed by atoms with Gasteiger partial charge in [0.1, 0.15) is 22.9 Å². The molecule has 0 unspecified atom stereocenters. The van der Waals surface area contributed by atoms with Crippen molar-refractivity contribution in [3.63, 3.8) is 0 Å². The van der Waals surface area contributed by atoms with Crippen LogP contribution in [0, 0.1) is 0 Å². The summed E-state index contributed by atoms with van der Waals surface area (Å²) >= 11 is 0. The van der Waals surface area contributed by atoms with Crippen molar-refractivity contribution in [3.8, 4) is 34.5 Å². The molecule has 3 aromatic heterocycles. The molecule has 7 nitrogen and oxygen atoms in total. The number of halogens is 3. The van der Waals surface area contributed by atoms with Gasteiger partial charge in [0.25, 0.3) is 0 Å². The van der Waals surface area contributed by atoms with E-state index in [4.69, 9.17) is 24.4 Å². The van der Waals surface area contributed by atoms with Gasteiger partial charge in [-0.15, -0.1) is 0 Å². The number of aryl methyl sites for hydroxylation is 2. The SMILES string of the molecule is COc1ccc2c(c1)nc(-c1cccc(-c3nc4cc(OC)ccc4n3C)n1)n2C.[Cl-].[Cl-].[Cl-].[V+3]. The van der Waals surface area contributed by atoms with Crippen LogP contribution in [0.5, 0.6) is 11.5 Å². The van der Waals surface area contributed by atoms with E-state index in [1.54, 1.807) is 14.2 Å². The van der Waals surface area contributed by atoms with Crippen LogP contribution in [-0.4, -0.2) is 38.3 Å². The van der Waals surface area contributed by atoms with E-state index < -0.39 is 0 Å². The Morgan fingerprint density at radius 3 is 1.41 bits per heavy atom. The number of benzene rings is 2. The largest absolute Gasteiger partial charge is 3.00 e. The van der Waals surface area contributed by atoms with Crippen molar-refractivity contribution in [2.45, 2.75) is 0 Å². The molecule has 176 valence electrons. The third-order valence-corrected chi connectivity index (χ3v) is 5.38. The minimum absolute atomic E-state index is 0. The Morgan fingerprint density at radius 2 is 1.03 bits per heavy atom. The second-order valence-corrected chi connectivity index (χ2v) is 7.11. The average Bonchev–Trinajstić information content (AvgIpc) is 3.30. The van der Waals surface area contributed by atoms with Crippen molar-refractivity contribution >= 4 is 22.1 Å². The first-order chi connectivity index (χ1) is 14.6. The van der Waals surface area contributed by atoms with Crippen LogP contribution in [0.15, 0.2) is 54.6 Å². The standard InChI is InChI=1S/C23H21N5O2.3ClH.V/c1-27-20-10-8-14(29-3)12-18(20)25-22(27)16-6-5-7-17(24-16)23-26-19-13-15(30-4)9-11-21(19)28(23)2;;;;/h5-13H,1-4H3;3*1H;/q;;;;+3/p-3. The fraction of sp³-hybridized carbons (Fsp3) is 0.174. The Balaban J connectivity index is 0.00000144. The average molecular weight is 557 g/mol. The maximum absolute atomic E-state index is 5.33. The summed E-state index contributed by atoms with van der Waals surface area (Å²) in [4.78, 5) is 14.5. The maximum atomic E-state index is 5.33. The first kappa shape index (κ1) is 29.6. The van der Waals surface area contributed by atoms with E-state index in [1.807, 2.05) is 77.8 Å². The van der Waals surface area contributed by atoms with Crippen molar-refractivity contribution in [2.75, 3.05) is 14.2 Å². The fourth-order valence-electron chi connectivity index (χ4n) is 3.76. The van der Waals surface area contributed by atoms with Gasteiger partial charge in [0.2, 0.25) is 0 Å². The van der Waals surface area contributed by atoms with Crippen LogP contribution >= 0.6 is 0 Å². The number of nitrogens with zero attached hydrogens (tertiary/aromatic N) is 5. The molecule has 0 aliphatic rings. The molecule has 0 atom stereocenters. The molecular formula is C23H21Cl3N5O2V. The van der Waals surface area contributed by atoms with Crippen molar-refractivity contribution < 1.29 is 65.3 Å². The fourth-order valence-corrected chi connectivity index (χ4v) is 3.76. The Labute approximate surface area is 228 Å². The van der Waals surface area contributed by atoms with Crippen LogP contribution in [0.3, 0.4) is 0 Å². The van der Waals surface area contributed by atoms with Crippen LogP contribution < -0.4 is 46.7 Å². The van der Waals surface area contributed by atoms with E-state index in [2.05, 4.69) is 0 Å². The van der Waals surface area contributed by atoms with Gasteiger partial charge in [0, 0.05) is 26.2 Å². The number of imidazole rings is 2. The Bertz CT molecular complexity index is 1320. The van der Waals surface area contributed by atoms with Gasteiger partial charge in [0.15, 0.2) is 11.6 Å². The molecular weight excluding hydrogens is 536 g/mol. The number of aromatic nitrogens is 5. The molecule has 2 aromatic carbocycles. The van der Waals surface area contributed by atoms with Crippen molar-refractivity contribution in [2.24, 2.45) is 14.1 Å². The van der Waals surface area contributed by atoms with E-state index in [0.717, 1.165) is 56.6 Å². The molecule has 0 N–H and O–H groups in total. The van der Waals surface area contributed by atoms with Crippen LogP contribution in [0.25, 0.3) is 45.1 Å². The number of methoxy groups -OCH3 is 2. The van der Waals surface area contributed by atoms with Crippen molar-refractivity contribution in [1.29, 1.82) is 0 Å². The number of hydrogen-bond acceptors (Lipinski definition) is 5. The Kier molecular flexibility index (Phi) is 10.3. The number of hydrogen-bond donors (Lipinski definition) is 0. The minimum Gasteiger partial charge on any atom is -1.00 e. The van der Waals surface area contributed by atoms with Gasteiger partial charge < -0.3 is 55.8 Å². The van der Waals surface area contributed by atoms with Gasteiger partial charge >= 0.3 is 18.6 Å². The third kappa shape index (κ3) is 4.99. The predicted molar refractivity (Wildman–Crippen MR) is 117 cm³/mol. The second kappa shape index (κ2) is 11.8. The molecule has 0 aliphatic carbocycles. The normalized spacial score (nSPS) is 10.0. The molecule has 0 saturated heterocycles. The molecule has 11 heteroatoms. The molecule has 3 heterocycles. The number of fused-ring (bicyclic) bond motifs is 2. The van der Waals surface area contributed by atoms with Gasteiger partial charge in [-0.05, 0) is 36.4 Å². The van der Waals surface area contributed by atoms with Gasteiger partial charge in [-0.2, -0.15) is 0 Å². The molecule has 0 bridgehead atoms. The Morgan fingerprint density at radius 1 is 0.618 bits per heavy atom. The molecule has 34 heavy (non-hydrogen) atoms. The molecule has 0 fully saturated rings. The summed E-state index contributed by atoms with van der Waals surface area (Å²) in [6.45, 7) is 0. The summed E-state index contributed by atoms with van der Waals surface area (Å²) in [5.41, 5.74) is 5.35. The van der Waals surface area contributed by atoms with Gasteiger partial charge in [-0.3, -0.25) is 0 Å². The molecule has 5 aromatic rings. The molecule has 0 radical (unpaired) electrons. The molecule has 0 saturated carbocycles. The predicted octanol–water partition coefficient (Wildman–Crippen LogP) is -4.78. The monoisotopic (exact) mass is 555 g/mol. The summed E-state index contributed by atoms with van der Waals surface area (Å²) in [6.07, 6.45) is 0. The van der Waals surface area contributed by atoms with Crippen molar-refractivity contribution in [1.82, 2.24) is 24.1 Å². The topological polar surface area (TPSA) is 67.0 Å². The molecule has 0 spiro atoms. The third-order valence-electron chi connectivity index (χ3n) is 5.38. The number of rotatable bonds is 4. The molecule has 0 aliphatic heterocycles. The first-order valence-corrected chi connectivity index (χ1v) is 9.58.